The summed E-state index contributed by atoms with van der Waals surface area (Å²) >= 11 is 0. The lowest BCUT2D eigenvalue weighted by molar-refractivity contribution is 0.490. The molecule has 1 atom stereocenters. The van der Waals surface area contributed by atoms with Gasteiger partial charge in [0.25, 0.3) is 0 Å². The number of benzene rings is 1. The van der Waals surface area contributed by atoms with E-state index in [2.05, 4.69) is 27.6 Å². The summed E-state index contributed by atoms with van der Waals surface area (Å²) < 4.78 is 0. The molecule has 0 aromatic heterocycles. The van der Waals surface area contributed by atoms with E-state index in [0.717, 1.165) is 19.0 Å². The maximum absolute atomic E-state index is 4.72. The highest BCUT2D eigenvalue weighted by Gasteiger charge is 2.20. The van der Waals surface area contributed by atoms with E-state index < -0.39 is 0 Å². The molecule has 0 saturated carbocycles. The number of nitrogens with zero attached hydrogens (tertiary/aromatic N) is 3. The molecule has 2 heterocycles. The van der Waals surface area contributed by atoms with E-state index in [4.69, 9.17) is 4.99 Å². The van der Waals surface area contributed by atoms with Gasteiger partial charge in [-0.25, -0.2) is 10.4 Å². The summed E-state index contributed by atoms with van der Waals surface area (Å²) in [6, 6.07) is 10.3. The fraction of sp³-hybridized carbons (Fsp3) is 0.385. The number of nitrogens with one attached hydrogen (secondary N) is 1. The Balaban J connectivity index is 1.81. The van der Waals surface area contributed by atoms with E-state index in [1.807, 2.05) is 24.4 Å². The summed E-state index contributed by atoms with van der Waals surface area (Å²) in [4.78, 5) is 6.99. The van der Waals surface area contributed by atoms with Crippen LogP contribution in [0.15, 0.2) is 40.4 Å². The third-order valence-corrected chi connectivity index (χ3v) is 3.19. The molecule has 4 nitrogen and oxygen atoms in total. The van der Waals surface area contributed by atoms with Gasteiger partial charge in [0.05, 0.1) is 6.21 Å². The molecule has 1 saturated heterocycles. The van der Waals surface area contributed by atoms with Gasteiger partial charge in [-0.15, -0.1) is 0 Å². The van der Waals surface area contributed by atoms with Crippen molar-refractivity contribution in [2.75, 3.05) is 13.1 Å². The van der Waals surface area contributed by atoms with Crippen molar-refractivity contribution < 1.29 is 0 Å². The molecular formula is C13H16N4. The van der Waals surface area contributed by atoms with E-state index in [0.29, 0.717) is 0 Å². The van der Waals surface area contributed by atoms with Gasteiger partial charge in [0.2, 0.25) is 5.96 Å². The van der Waals surface area contributed by atoms with Crippen molar-refractivity contribution in [3.63, 3.8) is 0 Å². The predicted octanol–water partition coefficient (Wildman–Crippen LogP) is 1.77. The van der Waals surface area contributed by atoms with Crippen molar-refractivity contribution >= 4 is 12.2 Å². The van der Waals surface area contributed by atoms with Crippen molar-refractivity contribution in [2.45, 2.75) is 18.9 Å². The van der Waals surface area contributed by atoms with Crippen LogP contribution in [0.4, 0.5) is 0 Å². The van der Waals surface area contributed by atoms with Gasteiger partial charge in [-0.05, 0) is 18.4 Å². The lowest BCUT2D eigenvalue weighted by Gasteiger charge is -2.23. The highest BCUT2D eigenvalue weighted by atomic mass is 15.4. The van der Waals surface area contributed by atoms with Crippen LogP contribution in [-0.4, -0.2) is 30.2 Å². The topological polar surface area (TPSA) is 40.0 Å². The average Bonchev–Trinajstić information content (AvgIpc) is 2.94. The van der Waals surface area contributed by atoms with Crippen molar-refractivity contribution in [1.29, 1.82) is 0 Å². The number of hydrogen-bond donors (Lipinski definition) is 1. The minimum atomic E-state index is 0.0491. The second-order valence-corrected chi connectivity index (χ2v) is 4.39. The number of aliphatic imine (C=N–C) groups is 1. The Hall–Kier alpha value is -1.84. The van der Waals surface area contributed by atoms with Crippen LogP contribution in [0.5, 0.6) is 0 Å². The molecule has 2 aliphatic heterocycles. The molecule has 17 heavy (non-hydrogen) atoms. The monoisotopic (exact) mass is 228 g/mol. The Kier molecular flexibility index (Phi) is 2.78. The maximum atomic E-state index is 4.72. The van der Waals surface area contributed by atoms with E-state index in [1.54, 1.807) is 0 Å². The molecule has 3 rings (SSSR count). The third kappa shape index (κ3) is 2.16. The summed E-state index contributed by atoms with van der Waals surface area (Å²) in [5.74, 6) is 0.916. The van der Waals surface area contributed by atoms with E-state index >= 15 is 0 Å². The Bertz CT molecular complexity index is 432. The summed E-state index contributed by atoms with van der Waals surface area (Å²) in [5, 5.41) is 4.21. The summed E-state index contributed by atoms with van der Waals surface area (Å²) in [5.41, 5.74) is 4.20. The molecule has 0 aliphatic carbocycles. The Morgan fingerprint density at radius 3 is 2.65 bits per heavy atom. The second-order valence-electron chi connectivity index (χ2n) is 4.39. The molecule has 1 aromatic rings. The van der Waals surface area contributed by atoms with Crippen LogP contribution < -0.4 is 5.43 Å². The van der Waals surface area contributed by atoms with Crippen LogP contribution in [0.2, 0.25) is 0 Å². The van der Waals surface area contributed by atoms with Crippen LogP contribution in [0, 0.1) is 0 Å². The molecule has 0 radical (unpaired) electrons. The second kappa shape index (κ2) is 4.57. The predicted molar refractivity (Wildman–Crippen MR) is 69.1 cm³/mol. The van der Waals surface area contributed by atoms with Gasteiger partial charge in [-0.2, -0.15) is 5.10 Å². The van der Waals surface area contributed by atoms with Gasteiger partial charge in [0.1, 0.15) is 6.04 Å². The highest BCUT2D eigenvalue weighted by Crippen LogP contribution is 2.18. The van der Waals surface area contributed by atoms with Gasteiger partial charge in [-0.1, -0.05) is 30.3 Å². The highest BCUT2D eigenvalue weighted by molar-refractivity contribution is 5.86. The molecule has 0 unspecified atom stereocenters. The fourth-order valence-electron chi connectivity index (χ4n) is 2.25. The number of guanidine groups is 1. The SMILES string of the molecule is C1=NNC(N2CCCC2)=N[C@H]1c1ccccc1. The van der Waals surface area contributed by atoms with Gasteiger partial charge >= 0.3 is 0 Å². The molecule has 2 aliphatic rings. The first-order chi connectivity index (χ1) is 8.43. The summed E-state index contributed by atoms with van der Waals surface area (Å²) in [6.45, 7) is 2.17. The van der Waals surface area contributed by atoms with Crippen molar-refractivity contribution in [2.24, 2.45) is 10.1 Å². The van der Waals surface area contributed by atoms with E-state index in [-0.39, 0.29) is 6.04 Å². The minimum Gasteiger partial charge on any atom is -0.342 e. The van der Waals surface area contributed by atoms with Gasteiger partial charge in [-0.3, -0.25) is 0 Å². The Morgan fingerprint density at radius 2 is 1.88 bits per heavy atom. The van der Waals surface area contributed by atoms with Crippen molar-refractivity contribution in [3.8, 4) is 0 Å². The molecule has 88 valence electrons. The van der Waals surface area contributed by atoms with Crippen LogP contribution in [-0.2, 0) is 0 Å². The quantitative estimate of drug-likeness (QED) is 0.795. The van der Waals surface area contributed by atoms with Crippen LogP contribution in [0.1, 0.15) is 24.4 Å². The zero-order chi connectivity index (χ0) is 11.5. The largest absolute Gasteiger partial charge is 0.342 e. The van der Waals surface area contributed by atoms with E-state index in [1.165, 1.54) is 18.4 Å². The third-order valence-electron chi connectivity index (χ3n) is 3.19. The summed E-state index contributed by atoms with van der Waals surface area (Å²) in [7, 11) is 0. The zero-order valence-corrected chi connectivity index (χ0v) is 9.71. The van der Waals surface area contributed by atoms with E-state index in [9.17, 15) is 0 Å². The van der Waals surface area contributed by atoms with Crippen LogP contribution in [0.3, 0.4) is 0 Å². The molecule has 1 N–H and O–H groups in total. The number of hydrazone groups is 1. The minimum absolute atomic E-state index is 0.0491. The molecule has 0 spiro atoms. The molecule has 1 aromatic carbocycles. The molecule has 0 bridgehead atoms. The van der Waals surface area contributed by atoms with Crippen molar-refractivity contribution in [3.05, 3.63) is 35.9 Å². The Labute approximate surface area is 101 Å². The normalized spacial score (nSPS) is 23.4. The lowest BCUT2D eigenvalue weighted by atomic mass is 10.1. The zero-order valence-electron chi connectivity index (χ0n) is 9.71. The van der Waals surface area contributed by atoms with Gasteiger partial charge in [0.15, 0.2) is 0 Å². The maximum Gasteiger partial charge on any atom is 0.215 e. The fourth-order valence-corrected chi connectivity index (χ4v) is 2.25. The molecular weight excluding hydrogens is 212 g/mol. The van der Waals surface area contributed by atoms with Crippen LogP contribution in [0.25, 0.3) is 0 Å². The Morgan fingerprint density at radius 1 is 1.12 bits per heavy atom. The van der Waals surface area contributed by atoms with Gasteiger partial charge < -0.3 is 4.90 Å². The smallest absolute Gasteiger partial charge is 0.215 e. The average molecular weight is 228 g/mol. The number of likely N-dealkylation sites (tertiary alicyclic amines) is 1. The lowest BCUT2D eigenvalue weighted by Crippen LogP contribution is -2.39. The first-order valence-corrected chi connectivity index (χ1v) is 6.10. The summed E-state index contributed by atoms with van der Waals surface area (Å²) in [6.07, 6.45) is 4.36. The first kappa shape index (κ1) is 10.3. The first-order valence-electron chi connectivity index (χ1n) is 6.10. The molecule has 0 amide bonds. The van der Waals surface area contributed by atoms with Gasteiger partial charge in [0, 0.05) is 13.1 Å². The standard InChI is InChI=1S/C13H16N4/c1-2-6-11(7-3-1)12-10-14-16-13(15-12)17-8-4-5-9-17/h1-3,6-7,10,12H,4-5,8-9H2,(H,15,16)/t12-/m1/s1. The molecule has 1 fully saturated rings. The number of hydrogen-bond acceptors (Lipinski definition) is 4. The van der Waals surface area contributed by atoms with Crippen LogP contribution >= 0.6 is 0 Å². The number of rotatable bonds is 1. The van der Waals surface area contributed by atoms with Crippen molar-refractivity contribution in [1.82, 2.24) is 10.3 Å². The molecule has 4 heteroatoms.